The summed E-state index contributed by atoms with van der Waals surface area (Å²) in [6.07, 6.45) is 0.972. The lowest BCUT2D eigenvalue weighted by Crippen LogP contribution is -2.34. The zero-order valence-corrected chi connectivity index (χ0v) is 12.9. The van der Waals surface area contributed by atoms with E-state index in [2.05, 4.69) is 13.8 Å². The van der Waals surface area contributed by atoms with Crippen LogP contribution in [0, 0.1) is 5.92 Å². The summed E-state index contributed by atoms with van der Waals surface area (Å²) in [5, 5.41) is 1.78. The standard InChI is InChI=1S/C12H22N2O2S2/c1-4-10(3)9-14(5-2)18(15,16)12-6-7-17-11(12)8-13/h6-7,10H,4-5,8-9,13H2,1-3H3. The molecule has 0 aliphatic carbocycles. The predicted octanol–water partition coefficient (Wildman–Crippen LogP) is 2.26. The molecule has 0 amide bonds. The van der Waals surface area contributed by atoms with E-state index in [9.17, 15) is 8.42 Å². The van der Waals surface area contributed by atoms with E-state index in [1.54, 1.807) is 15.8 Å². The summed E-state index contributed by atoms with van der Waals surface area (Å²) in [4.78, 5) is 1.11. The molecule has 0 spiro atoms. The molecule has 1 atom stereocenters. The second kappa shape index (κ2) is 6.65. The summed E-state index contributed by atoms with van der Waals surface area (Å²) in [5.41, 5.74) is 5.59. The van der Waals surface area contributed by atoms with Crippen LogP contribution in [0.1, 0.15) is 32.1 Å². The Morgan fingerprint density at radius 2 is 2.11 bits per heavy atom. The number of rotatable bonds is 7. The molecule has 6 heteroatoms. The molecule has 0 radical (unpaired) electrons. The van der Waals surface area contributed by atoms with E-state index < -0.39 is 10.0 Å². The molecule has 0 bridgehead atoms. The number of thiophene rings is 1. The van der Waals surface area contributed by atoms with E-state index in [1.165, 1.54) is 11.3 Å². The fraction of sp³-hybridized carbons (Fsp3) is 0.667. The fourth-order valence-electron chi connectivity index (χ4n) is 1.72. The first kappa shape index (κ1) is 15.6. The monoisotopic (exact) mass is 290 g/mol. The van der Waals surface area contributed by atoms with Gasteiger partial charge in [0.1, 0.15) is 0 Å². The summed E-state index contributed by atoms with van der Waals surface area (Å²) in [6, 6.07) is 1.65. The van der Waals surface area contributed by atoms with Crippen molar-refractivity contribution in [3.63, 3.8) is 0 Å². The lowest BCUT2D eigenvalue weighted by molar-refractivity contribution is 0.361. The van der Waals surface area contributed by atoms with E-state index in [0.717, 1.165) is 11.3 Å². The van der Waals surface area contributed by atoms with Crippen LogP contribution in [-0.2, 0) is 16.6 Å². The van der Waals surface area contributed by atoms with Crippen LogP contribution in [0.25, 0.3) is 0 Å². The van der Waals surface area contributed by atoms with Crippen LogP contribution in [0.5, 0.6) is 0 Å². The maximum atomic E-state index is 12.5. The lowest BCUT2D eigenvalue weighted by atomic mass is 10.1. The van der Waals surface area contributed by atoms with Crippen LogP contribution in [0.3, 0.4) is 0 Å². The SMILES string of the molecule is CCC(C)CN(CC)S(=O)(=O)c1ccsc1CN. The minimum Gasteiger partial charge on any atom is -0.326 e. The van der Waals surface area contributed by atoms with Gasteiger partial charge < -0.3 is 5.73 Å². The number of sulfonamides is 1. The Bertz CT molecular complexity index is 468. The third kappa shape index (κ3) is 3.32. The van der Waals surface area contributed by atoms with Gasteiger partial charge >= 0.3 is 0 Å². The Labute approximate surface area is 114 Å². The van der Waals surface area contributed by atoms with Crippen LogP contribution in [0.2, 0.25) is 0 Å². The Kier molecular flexibility index (Phi) is 5.78. The summed E-state index contributed by atoms with van der Waals surface area (Å²) < 4.78 is 26.6. The lowest BCUT2D eigenvalue weighted by Gasteiger charge is -2.23. The second-order valence-electron chi connectivity index (χ2n) is 4.38. The molecule has 0 saturated carbocycles. The van der Waals surface area contributed by atoms with Crippen molar-refractivity contribution in [1.82, 2.24) is 4.31 Å². The van der Waals surface area contributed by atoms with Crippen molar-refractivity contribution in [2.45, 2.75) is 38.6 Å². The molecule has 4 nitrogen and oxygen atoms in total. The van der Waals surface area contributed by atoms with E-state index in [4.69, 9.17) is 5.73 Å². The van der Waals surface area contributed by atoms with Gasteiger partial charge in [-0.25, -0.2) is 8.42 Å². The zero-order valence-electron chi connectivity index (χ0n) is 11.2. The first-order valence-corrected chi connectivity index (χ1v) is 8.55. The summed E-state index contributed by atoms with van der Waals surface area (Å²) in [6.45, 7) is 7.33. The highest BCUT2D eigenvalue weighted by Crippen LogP contribution is 2.25. The van der Waals surface area contributed by atoms with Gasteiger partial charge in [0.15, 0.2) is 0 Å². The molecule has 1 aromatic heterocycles. The third-order valence-electron chi connectivity index (χ3n) is 3.07. The maximum absolute atomic E-state index is 12.5. The molecule has 0 fully saturated rings. The average molecular weight is 290 g/mol. The van der Waals surface area contributed by atoms with E-state index >= 15 is 0 Å². The minimum atomic E-state index is -3.39. The van der Waals surface area contributed by atoms with Gasteiger partial charge in [-0.05, 0) is 17.4 Å². The largest absolute Gasteiger partial charge is 0.326 e. The van der Waals surface area contributed by atoms with E-state index in [-0.39, 0.29) is 6.54 Å². The molecule has 0 saturated heterocycles. The van der Waals surface area contributed by atoms with Gasteiger partial charge in [-0.15, -0.1) is 11.3 Å². The third-order valence-corrected chi connectivity index (χ3v) is 6.17. The Morgan fingerprint density at radius 1 is 1.44 bits per heavy atom. The molecule has 1 unspecified atom stereocenters. The molecular weight excluding hydrogens is 268 g/mol. The highest BCUT2D eigenvalue weighted by atomic mass is 32.2. The van der Waals surface area contributed by atoms with Crippen LogP contribution in [0.4, 0.5) is 0 Å². The second-order valence-corrected chi connectivity index (χ2v) is 7.29. The Morgan fingerprint density at radius 3 is 2.61 bits per heavy atom. The number of hydrogen-bond acceptors (Lipinski definition) is 4. The first-order chi connectivity index (χ1) is 8.47. The molecule has 1 heterocycles. The molecule has 18 heavy (non-hydrogen) atoms. The first-order valence-electron chi connectivity index (χ1n) is 6.23. The zero-order chi connectivity index (χ0) is 13.8. The topological polar surface area (TPSA) is 63.4 Å². The Balaban J connectivity index is 3.03. The minimum absolute atomic E-state index is 0.271. The highest BCUT2D eigenvalue weighted by molar-refractivity contribution is 7.89. The fourth-order valence-corrected chi connectivity index (χ4v) is 4.60. The normalized spacial score (nSPS) is 14.1. The van der Waals surface area contributed by atoms with Crippen molar-refractivity contribution in [2.24, 2.45) is 11.7 Å². The van der Waals surface area contributed by atoms with Gasteiger partial charge in [0.05, 0.1) is 4.90 Å². The number of hydrogen-bond donors (Lipinski definition) is 1. The van der Waals surface area contributed by atoms with Crippen LogP contribution < -0.4 is 5.73 Å². The summed E-state index contributed by atoms with van der Waals surface area (Å²) in [7, 11) is -3.39. The predicted molar refractivity (Wildman–Crippen MR) is 76.1 cm³/mol. The molecule has 0 aliphatic rings. The number of nitrogens with two attached hydrogens (primary N) is 1. The van der Waals surface area contributed by atoms with Crippen molar-refractivity contribution < 1.29 is 8.42 Å². The van der Waals surface area contributed by atoms with Crippen molar-refractivity contribution in [3.8, 4) is 0 Å². The van der Waals surface area contributed by atoms with Crippen LogP contribution >= 0.6 is 11.3 Å². The molecule has 2 N–H and O–H groups in total. The van der Waals surface area contributed by atoms with Gasteiger partial charge in [-0.3, -0.25) is 0 Å². The van der Waals surface area contributed by atoms with Crippen molar-refractivity contribution in [1.29, 1.82) is 0 Å². The molecule has 1 aromatic rings. The Hall–Kier alpha value is -0.430. The average Bonchev–Trinajstić information content (AvgIpc) is 2.84. The van der Waals surface area contributed by atoms with Gasteiger partial charge in [-0.1, -0.05) is 27.2 Å². The van der Waals surface area contributed by atoms with Gasteiger partial charge in [0.2, 0.25) is 10.0 Å². The smallest absolute Gasteiger partial charge is 0.244 e. The summed E-state index contributed by atoms with van der Waals surface area (Å²) in [5.74, 6) is 0.361. The van der Waals surface area contributed by atoms with Gasteiger partial charge in [0.25, 0.3) is 0 Å². The highest BCUT2D eigenvalue weighted by Gasteiger charge is 2.27. The molecule has 104 valence electrons. The van der Waals surface area contributed by atoms with Crippen molar-refractivity contribution in [2.75, 3.05) is 13.1 Å². The van der Waals surface area contributed by atoms with Crippen molar-refractivity contribution in [3.05, 3.63) is 16.3 Å². The van der Waals surface area contributed by atoms with Crippen LogP contribution in [-0.4, -0.2) is 25.8 Å². The maximum Gasteiger partial charge on any atom is 0.244 e. The molecule has 1 rings (SSSR count). The summed E-state index contributed by atoms with van der Waals surface area (Å²) >= 11 is 1.40. The van der Waals surface area contributed by atoms with Crippen molar-refractivity contribution >= 4 is 21.4 Å². The quantitative estimate of drug-likeness (QED) is 0.838. The molecular formula is C12H22N2O2S2. The van der Waals surface area contributed by atoms with Gasteiger partial charge in [0, 0.05) is 24.5 Å². The number of nitrogens with zero attached hydrogens (tertiary/aromatic N) is 1. The van der Waals surface area contributed by atoms with E-state index in [1.807, 2.05) is 6.92 Å². The van der Waals surface area contributed by atoms with Gasteiger partial charge in [-0.2, -0.15) is 4.31 Å². The molecule has 0 aliphatic heterocycles. The van der Waals surface area contributed by atoms with E-state index in [0.29, 0.717) is 23.9 Å². The van der Waals surface area contributed by atoms with Crippen LogP contribution in [0.15, 0.2) is 16.3 Å². The molecule has 0 aromatic carbocycles.